The summed E-state index contributed by atoms with van der Waals surface area (Å²) in [5.74, 6) is -0.657. The molecule has 1 heterocycles. The molecular formula is C16H13IN2O3. The van der Waals surface area contributed by atoms with E-state index < -0.39 is 6.04 Å². The van der Waals surface area contributed by atoms with Crippen LogP contribution in [-0.2, 0) is 11.2 Å². The first-order chi connectivity index (χ1) is 10.5. The van der Waals surface area contributed by atoms with Gasteiger partial charge in [-0.1, -0.05) is 12.1 Å². The molecule has 2 aromatic rings. The van der Waals surface area contributed by atoms with Gasteiger partial charge in [0, 0.05) is 9.99 Å². The Balaban J connectivity index is 1.85. The van der Waals surface area contributed by atoms with Crippen molar-refractivity contribution in [3.8, 4) is 5.75 Å². The van der Waals surface area contributed by atoms with Gasteiger partial charge in [-0.15, -0.1) is 0 Å². The lowest BCUT2D eigenvalue weighted by Gasteiger charge is -2.14. The number of aromatic hydroxyl groups is 1. The van der Waals surface area contributed by atoms with Crippen LogP contribution in [0.15, 0.2) is 42.5 Å². The number of benzene rings is 2. The number of amides is 2. The Kier molecular flexibility index (Phi) is 4.02. The number of hydrogen-bond acceptors (Lipinski definition) is 3. The van der Waals surface area contributed by atoms with E-state index in [1.807, 2.05) is 24.3 Å². The molecule has 6 heteroatoms. The van der Waals surface area contributed by atoms with Crippen LogP contribution in [0.3, 0.4) is 0 Å². The Morgan fingerprint density at radius 2 is 1.82 bits per heavy atom. The number of halogens is 1. The van der Waals surface area contributed by atoms with Crippen molar-refractivity contribution in [3.63, 3.8) is 0 Å². The third kappa shape index (κ3) is 3.06. The fourth-order valence-electron chi connectivity index (χ4n) is 2.35. The van der Waals surface area contributed by atoms with Crippen LogP contribution in [0.5, 0.6) is 5.75 Å². The monoisotopic (exact) mass is 408 g/mol. The van der Waals surface area contributed by atoms with Crippen LogP contribution in [-0.4, -0.2) is 23.0 Å². The van der Waals surface area contributed by atoms with E-state index >= 15 is 0 Å². The Morgan fingerprint density at radius 3 is 2.55 bits per heavy atom. The summed E-state index contributed by atoms with van der Waals surface area (Å²) in [7, 11) is 0. The van der Waals surface area contributed by atoms with E-state index in [1.165, 1.54) is 18.2 Å². The topological polar surface area (TPSA) is 78.4 Å². The molecule has 1 atom stereocenters. The highest BCUT2D eigenvalue weighted by atomic mass is 127. The zero-order valence-corrected chi connectivity index (χ0v) is 13.6. The summed E-state index contributed by atoms with van der Waals surface area (Å²) in [6, 6.07) is 11.4. The minimum Gasteiger partial charge on any atom is -0.508 e. The molecule has 1 aliphatic rings. The van der Waals surface area contributed by atoms with Gasteiger partial charge in [0.2, 0.25) is 5.91 Å². The molecule has 0 spiro atoms. The number of anilines is 1. The third-order valence-electron chi connectivity index (χ3n) is 3.48. The summed E-state index contributed by atoms with van der Waals surface area (Å²) >= 11 is 2.21. The average molecular weight is 408 g/mol. The molecule has 3 N–H and O–H groups in total. The Morgan fingerprint density at radius 1 is 1.09 bits per heavy atom. The van der Waals surface area contributed by atoms with Crippen molar-refractivity contribution in [1.29, 1.82) is 0 Å². The molecule has 0 radical (unpaired) electrons. The van der Waals surface area contributed by atoms with Crippen LogP contribution < -0.4 is 10.6 Å². The first-order valence-corrected chi connectivity index (χ1v) is 7.80. The van der Waals surface area contributed by atoms with Crippen LogP contribution in [0.2, 0.25) is 0 Å². The number of carbonyl (C=O) groups is 2. The number of phenols is 1. The lowest BCUT2D eigenvalue weighted by Crippen LogP contribution is -2.42. The van der Waals surface area contributed by atoms with Gasteiger partial charge in [0.05, 0.1) is 11.3 Å². The molecular weight excluding hydrogens is 395 g/mol. The molecule has 1 aliphatic heterocycles. The van der Waals surface area contributed by atoms with Crippen molar-refractivity contribution >= 4 is 40.1 Å². The number of rotatable bonds is 2. The maximum absolute atomic E-state index is 12.3. The van der Waals surface area contributed by atoms with Gasteiger partial charge in [0.25, 0.3) is 5.91 Å². The fraction of sp³-hybridized carbons (Fsp3) is 0.125. The summed E-state index contributed by atoms with van der Waals surface area (Å²) in [4.78, 5) is 24.5. The van der Waals surface area contributed by atoms with Gasteiger partial charge < -0.3 is 15.7 Å². The minimum atomic E-state index is -0.651. The van der Waals surface area contributed by atoms with E-state index in [9.17, 15) is 14.7 Å². The molecule has 0 aromatic heterocycles. The van der Waals surface area contributed by atoms with Crippen LogP contribution in [0, 0.1) is 3.57 Å². The standard InChI is InChI=1S/C16H13IN2O3/c17-10-3-1-9(2-4-10)7-14-16(22)18-13-6-5-11(20)8-12(13)15(21)19-14/h1-6,8,14,20H,7H2,(H,18,22)(H,19,21)/t14-/m0/s1. The highest BCUT2D eigenvalue weighted by molar-refractivity contribution is 14.1. The smallest absolute Gasteiger partial charge is 0.254 e. The van der Waals surface area contributed by atoms with Crippen LogP contribution in [0.1, 0.15) is 15.9 Å². The van der Waals surface area contributed by atoms with E-state index in [4.69, 9.17) is 0 Å². The van der Waals surface area contributed by atoms with E-state index in [0.717, 1.165) is 9.13 Å². The number of carbonyl (C=O) groups excluding carboxylic acids is 2. The number of nitrogens with one attached hydrogen (secondary N) is 2. The summed E-state index contributed by atoms with van der Waals surface area (Å²) in [5.41, 5.74) is 1.64. The zero-order valence-electron chi connectivity index (χ0n) is 11.5. The van der Waals surface area contributed by atoms with Gasteiger partial charge in [-0.3, -0.25) is 9.59 Å². The highest BCUT2D eigenvalue weighted by Crippen LogP contribution is 2.24. The quantitative estimate of drug-likeness (QED) is 0.527. The summed E-state index contributed by atoms with van der Waals surface area (Å²) in [6.07, 6.45) is 0.411. The van der Waals surface area contributed by atoms with Crippen molar-refractivity contribution in [2.45, 2.75) is 12.5 Å². The van der Waals surface area contributed by atoms with Crippen molar-refractivity contribution in [1.82, 2.24) is 5.32 Å². The second-order valence-corrected chi connectivity index (χ2v) is 6.32. The molecule has 2 aromatic carbocycles. The van der Waals surface area contributed by atoms with Crippen molar-refractivity contribution in [2.75, 3.05) is 5.32 Å². The third-order valence-corrected chi connectivity index (χ3v) is 4.20. The largest absolute Gasteiger partial charge is 0.508 e. The fourth-order valence-corrected chi connectivity index (χ4v) is 2.71. The van der Waals surface area contributed by atoms with Gasteiger partial charge >= 0.3 is 0 Å². The molecule has 22 heavy (non-hydrogen) atoms. The lowest BCUT2D eigenvalue weighted by molar-refractivity contribution is -0.117. The van der Waals surface area contributed by atoms with Gasteiger partial charge in [-0.2, -0.15) is 0 Å². The number of phenolic OH excluding ortho intramolecular Hbond substituents is 1. The zero-order chi connectivity index (χ0) is 15.7. The van der Waals surface area contributed by atoms with Crippen LogP contribution in [0.4, 0.5) is 5.69 Å². The van der Waals surface area contributed by atoms with Crippen LogP contribution in [0.25, 0.3) is 0 Å². The van der Waals surface area contributed by atoms with Crippen molar-refractivity contribution in [2.24, 2.45) is 0 Å². The van der Waals surface area contributed by atoms with E-state index in [1.54, 1.807) is 0 Å². The van der Waals surface area contributed by atoms with Crippen molar-refractivity contribution in [3.05, 3.63) is 57.2 Å². The second kappa shape index (κ2) is 5.96. The lowest BCUT2D eigenvalue weighted by atomic mass is 10.1. The molecule has 0 fully saturated rings. The molecule has 112 valence electrons. The van der Waals surface area contributed by atoms with Crippen LogP contribution >= 0.6 is 22.6 Å². The van der Waals surface area contributed by atoms with Gasteiger partial charge in [0.15, 0.2) is 0 Å². The minimum absolute atomic E-state index is 0.0146. The molecule has 0 aliphatic carbocycles. The maximum atomic E-state index is 12.3. The molecule has 0 saturated carbocycles. The Labute approximate surface area is 140 Å². The number of hydrogen-bond donors (Lipinski definition) is 3. The van der Waals surface area contributed by atoms with E-state index in [2.05, 4.69) is 33.2 Å². The highest BCUT2D eigenvalue weighted by Gasteiger charge is 2.28. The molecule has 3 rings (SSSR count). The second-order valence-electron chi connectivity index (χ2n) is 5.08. The number of fused-ring (bicyclic) bond motifs is 1. The molecule has 5 nitrogen and oxygen atoms in total. The summed E-state index contributed by atoms with van der Waals surface area (Å²) in [6.45, 7) is 0. The Hall–Kier alpha value is -2.09. The summed E-state index contributed by atoms with van der Waals surface area (Å²) in [5, 5.41) is 14.9. The Bertz CT molecular complexity index is 744. The average Bonchev–Trinajstić information content (AvgIpc) is 2.60. The normalized spacial score (nSPS) is 17.2. The predicted octanol–water partition coefficient (Wildman–Crippen LogP) is 2.29. The van der Waals surface area contributed by atoms with Gasteiger partial charge in [-0.05, 0) is 58.5 Å². The molecule has 0 unspecified atom stereocenters. The van der Waals surface area contributed by atoms with E-state index in [-0.39, 0.29) is 23.1 Å². The predicted molar refractivity (Wildman–Crippen MR) is 90.9 cm³/mol. The first-order valence-electron chi connectivity index (χ1n) is 6.72. The molecule has 0 bridgehead atoms. The van der Waals surface area contributed by atoms with E-state index in [0.29, 0.717) is 12.1 Å². The molecule has 2 amide bonds. The van der Waals surface area contributed by atoms with Crippen molar-refractivity contribution < 1.29 is 14.7 Å². The SMILES string of the molecule is O=C1N[C@@H](Cc2ccc(I)cc2)C(=O)Nc2ccc(O)cc21. The summed E-state index contributed by atoms with van der Waals surface area (Å²) < 4.78 is 1.11. The van der Waals surface area contributed by atoms with Gasteiger partial charge in [0.1, 0.15) is 11.8 Å². The first kappa shape index (κ1) is 14.8. The maximum Gasteiger partial charge on any atom is 0.254 e. The molecule has 0 saturated heterocycles. The van der Waals surface area contributed by atoms with Gasteiger partial charge in [-0.25, -0.2) is 0 Å².